The van der Waals surface area contributed by atoms with Crippen molar-refractivity contribution in [3.8, 4) is 5.75 Å². The molecule has 7 heteroatoms. The van der Waals surface area contributed by atoms with Crippen molar-refractivity contribution < 1.29 is 9.30 Å². The predicted octanol–water partition coefficient (Wildman–Crippen LogP) is 4.98. The molecule has 2 nitrogen and oxygen atoms in total. The topological polar surface area (TPSA) is 26.3 Å². The fraction of sp³-hybridized carbons (Fsp3) is 0.125. The summed E-state index contributed by atoms with van der Waals surface area (Å²) in [5.41, 5.74) is 1.11. The Kier molecular flexibility index (Phi) is 4.94. The second-order valence-electron chi connectivity index (χ2n) is 2.67. The summed E-state index contributed by atoms with van der Waals surface area (Å²) in [5.74, 6) is 0.569. The number of rotatable bonds is 2. The Labute approximate surface area is 107 Å². The van der Waals surface area contributed by atoms with Gasteiger partial charge in [-0.15, -0.1) is 0 Å². The van der Waals surface area contributed by atoms with E-state index in [4.69, 9.17) is 39.4 Å². The van der Waals surface area contributed by atoms with Gasteiger partial charge in [0.2, 0.25) is 4.38 Å². The van der Waals surface area contributed by atoms with E-state index in [9.17, 15) is 4.57 Å². The van der Waals surface area contributed by atoms with Crippen LogP contribution in [-0.4, -0.2) is 4.38 Å². The molecule has 0 saturated heterocycles. The van der Waals surface area contributed by atoms with Crippen LogP contribution >= 0.6 is 51.1 Å². The molecule has 1 rings (SSSR count). The number of aryl methyl sites for hydroxylation is 1. The zero-order valence-electron chi connectivity index (χ0n) is 7.65. The third kappa shape index (κ3) is 5.79. The van der Waals surface area contributed by atoms with Gasteiger partial charge in [-0.1, -0.05) is 17.7 Å². The normalized spacial score (nSPS) is 11.1. The van der Waals surface area contributed by atoms with Crippen LogP contribution in [0.5, 0.6) is 5.75 Å². The molecule has 0 heterocycles. The van der Waals surface area contributed by atoms with E-state index < -0.39 is 5.05 Å². The quantitative estimate of drug-likeness (QED) is 0.568. The monoisotopic (exact) mass is 300 g/mol. The van der Waals surface area contributed by atoms with Crippen LogP contribution in [0, 0.1) is 6.92 Å². The zero-order valence-corrected chi connectivity index (χ0v) is 11.7. The first-order valence-corrected chi connectivity index (χ1v) is 9.19. The molecule has 0 aliphatic rings. The standard InChI is InChI=1S/C8H7Cl2O2PS2/c1-6-2-4-7(5-3-6)12-8(14)15-13(9,10)11/h2-5H,1H3. The number of thiocarbonyl (C=S) groups is 1. The fourth-order valence-electron chi connectivity index (χ4n) is 0.808. The van der Waals surface area contributed by atoms with Crippen molar-refractivity contribution in [1.82, 2.24) is 0 Å². The Morgan fingerprint density at radius 2 is 1.93 bits per heavy atom. The highest BCUT2D eigenvalue weighted by atomic mass is 35.9. The first kappa shape index (κ1) is 13.3. The molecule has 0 aliphatic heterocycles. The van der Waals surface area contributed by atoms with Crippen LogP contribution in [0.4, 0.5) is 0 Å². The SMILES string of the molecule is Cc1ccc(OC(=S)SP(=O)(Cl)Cl)cc1. The summed E-state index contributed by atoms with van der Waals surface area (Å²) in [5, 5.41) is -3.27. The maximum absolute atomic E-state index is 11.0. The summed E-state index contributed by atoms with van der Waals surface area (Å²) in [6, 6.07) is 7.28. The fourth-order valence-corrected chi connectivity index (χ4v) is 4.65. The number of hydrogen-bond acceptors (Lipinski definition) is 4. The summed E-state index contributed by atoms with van der Waals surface area (Å²) in [6.45, 7) is 1.96. The lowest BCUT2D eigenvalue weighted by Crippen LogP contribution is -1.98. The van der Waals surface area contributed by atoms with Crippen molar-refractivity contribution in [2.75, 3.05) is 0 Å². The minimum Gasteiger partial charge on any atom is -0.439 e. The minimum absolute atomic E-state index is 0.0483. The van der Waals surface area contributed by atoms with E-state index in [2.05, 4.69) is 0 Å². The van der Waals surface area contributed by atoms with Crippen LogP contribution in [0.2, 0.25) is 0 Å². The van der Waals surface area contributed by atoms with Gasteiger partial charge in [0.25, 0.3) is 0 Å². The van der Waals surface area contributed by atoms with Crippen molar-refractivity contribution in [2.24, 2.45) is 0 Å². The van der Waals surface area contributed by atoms with E-state index >= 15 is 0 Å². The summed E-state index contributed by atoms with van der Waals surface area (Å²) in [6.07, 6.45) is 0. The van der Waals surface area contributed by atoms with Crippen molar-refractivity contribution in [3.63, 3.8) is 0 Å². The molecule has 0 atom stereocenters. The molecule has 0 amide bonds. The maximum atomic E-state index is 11.0. The van der Waals surface area contributed by atoms with Gasteiger partial charge < -0.3 is 4.74 Å². The van der Waals surface area contributed by atoms with Gasteiger partial charge in [0.1, 0.15) is 5.75 Å². The van der Waals surface area contributed by atoms with Crippen LogP contribution in [0.25, 0.3) is 0 Å². The largest absolute Gasteiger partial charge is 0.439 e. The molecule has 0 unspecified atom stereocenters. The van der Waals surface area contributed by atoms with Crippen molar-refractivity contribution in [1.29, 1.82) is 0 Å². The molecule has 15 heavy (non-hydrogen) atoms. The van der Waals surface area contributed by atoms with E-state index in [0.29, 0.717) is 17.1 Å². The summed E-state index contributed by atoms with van der Waals surface area (Å²) >= 11 is 16.1. The minimum atomic E-state index is -3.27. The Morgan fingerprint density at radius 3 is 2.40 bits per heavy atom. The lowest BCUT2D eigenvalue weighted by atomic mass is 10.2. The van der Waals surface area contributed by atoms with Crippen molar-refractivity contribution >= 4 is 55.5 Å². The van der Waals surface area contributed by atoms with Gasteiger partial charge in [-0.2, -0.15) is 0 Å². The summed E-state index contributed by atoms with van der Waals surface area (Å²) < 4.78 is 16.2. The zero-order chi connectivity index (χ0) is 11.5. The van der Waals surface area contributed by atoms with Gasteiger partial charge >= 0.3 is 5.05 Å². The average Bonchev–Trinajstić information content (AvgIpc) is 2.05. The van der Waals surface area contributed by atoms with Crippen LogP contribution in [0.15, 0.2) is 24.3 Å². The Bertz CT molecular complexity index is 402. The molecule has 0 aromatic heterocycles. The molecule has 0 saturated carbocycles. The van der Waals surface area contributed by atoms with Crippen LogP contribution in [0.1, 0.15) is 5.56 Å². The molecular weight excluding hydrogens is 294 g/mol. The Morgan fingerprint density at radius 1 is 1.40 bits per heavy atom. The van der Waals surface area contributed by atoms with Crippen LogP contribution in [-0.2, 0) is 4.57 Å². The Hall–Kier alpha value is 0.270. The highest BCUT2D eigenvalue weighted by molar-refractivity contribution is 8.79. The first-order valence-electron chi connectivity index (χ1n) is 3.84. The predicted molar refractivity (Wildman–Crippen MR) is 71.3 cm³/mol. The van der Waals surface area contributed by atoms with E-state index in [-0.39, 0.29) is 4.38 Å². The molecule has 0 N–H and O–H groups in total. The second-order valence-corrected chi connectivity index (χ2v) is 11.4. The second kappa shape index (κ2) is 5.55. The smallest absolute Gasteiger partial charge is 0.315 e. The summed E-state index contributed by atoms with van der Waals surface area (Å²) in [7, 11) is 0. The molecule has 0 fully saturated rings. The third-order valence-corrected chi connectivity index (χ3v) is 4.93. The van der Waals surface area contributed by atoms with Gasteiger partial charge in [-0.05, 0) is 53.8 Å². The Balaban J connectivity index is 2.59. The van der Waals surface area contributed by atoms with Gasteiger partial charge in [0, 0.05) is 11.4 Å². The molecule has 1 aromatic rings. The highest BCUT2D eigenvalue weighted by Gasteiger charge is 2.19. The average molecular weight is 301 g/mol. The third-order valence-electron chi connectivity index (χ3n) is 1.40. The number of halogens is 2. The van der Waals surface area contributed by atoms with E-state index in [1.165, 1.54) is 0 Å². The van der Waals surface area contributed by atoms with Crippen LogP contribution in [0.3, 0.4) is 0 Å². The molecule has 0 bridgehead atoms. The maximum Gasteiger partial charge on any atom is 0.315 e. The van der Waals surface area contributed by atoms with Crippen molar-refractivity contribution in [3.05, 3.63) is 29.8 Å². The lowest BCUT2D eigenvalue weighted by Gasteiger charge is -2.06. The number of hydrogen-bond donors (Lipinski definition) is 0. The van der Waals surface area contributed by atoms with Gasteiger partial charge in [-0.3, -0.25) is 4.57 Å². The summed E-state index contributed by atoms with van der Waals surface area (Å²) in [4.78, 5) is 0. The van der Waals surface area contributed by atoms with Crippen LogP contribution < -0.4 is 4.74 Å². The van der Waals surface area contributed by atoms with Crippen molar-refractivity contribution in [2.45, 2.75) is 6.92 Å². The molecule has 0 radical (unpaired) electrons. The first-order chi connectivity index (χ1) is 6.87. The molecular formula is C8H7Cl2O2PS2. The molecule has 1 aromatic carbocycles. The van der Waals surface area contributed by atoms with E-state index in [1.807, 2.05) is 19.1 Å². The lowest BCUT2D eigenvalue weighted by molar-refractivity contribution is 0.579. The highest BCUT2D eigenvalue weighted by Crippen LogP contribution is 2.68. The molecule has 0 spiro atoms. The number of ether oxygens (including phenoxy) is 1. The van der Waals surface area contributed by atoms with E-state index in [1.54, 1.807) is 12.1 Å². The van der Waals surface area contributed by atoms with E-state index in [0.717, 1.165) is 5.56 Å². The van der Waals surface area contributed by atoms with Gasteiger partial charge in [0.05, 0.1) is 0 Å². The number of benzene rings is 1. The molecule has 0 aliphatic carbocycles. The molecule has 82 valence electrons. The van der Waals surface area contributed by atoms with Gasteiger partial charge in [-0.25, -0.2) is 0 Å². The van der Waals surface area contributed by atoms with Gasteiger partial charge in [0.15, 0.2) is 0 Å².